The van der Waals surface area contributed by atoms with Crippen LogP contribution in [-0.4, -0.2) is 16.1 Å². The first-order chi connectivity index (χ1) is 12.9. The molecule has 1 N–H and O–H groups in total. The number of carboxylic acids is 1. The second-order valence-electron chi connectivity index (χ2n) is 6.98. The van der Waals surface area contributed by atoms with E-state index in [1.165, 1.54) is 5.56 Å². The maximum atomic E-state index is 11.1. The maximum Gasteiger partial charge on any atom is 0.335 e. The molecule has 1 atom stereocenters. The van der Waals surface area contributed by atoms with E-state index in [0.717, 1.165) is 16.3 Å². The lowest BCUT2D eigenvalue weighted by Crippen LogP contribution is -2.30. The van der Waals surface area contributed by atoms with Gasteiger partial charge in [-0.1, -0.05) is 45.0 Å². The predicted molar refractivity (Wildman–Crippen MR) is 108 cm³/mol. The number of nitrogens with zero attached hydrogens (tertiary/aromatic N) is 1. The summed E-state index contributed by atoms with van der Waals surface area (Å²) in [5.74, 6) is 0.228. The molecule has 0 spiro atoms. The Kier molecular flexibility index (Phi) is 5.61. The highest BCUT2D eigenvalue weighted by molar-refractivity contribution is 7.09. The molecule has 0 bridgehead atoms. The van der Waals surface area contributed by atoms with Crippen LogP contribution in [0.3, 0.4) is 0 Å². The van der Waals surface area contributed by atoms with Gasteiger partial charge in [0.2, 0.25) is 0 Å². The van der Waals surface area contributed by atoms with Crippen molar-refractivity contribution in [2.45, 2.75) is 32.8 Å². The van der Waals surface area contributed by atoms with Crippen LogP contribution in [0.25, 0.3) is 0 Å². The fourth-order valence-corrected chi connectivity index (χ4v) is 3.69. The van der Waals surface area contributed by atoms with Crippen molar-refractivity contribution < 1.29 is 14.6 Å². The summed E-state index contributed by atoms with van der Waals surface area (Å²) in [7, 11) is 0. The number of ether oxygens (including phenoxy) is 1. The van der Waals surface area contributed by atoms with Crippen molar-refractivity contribution in [3.63, 3.8) is 0 Å². The minimum Gasteiger partial charge on any atom is -0.486 e. The van der Waals surface area contributed by atoms with E-state index >= 15 is 0 Å². The molecule has 0 saturated heterocycles. The van der Waals surface area contributed by atoms with Crippen molar-refractivity contribution in [2.75, 3.05) is 0 Å². The molecule has 1 aromatic heterocycles. The van der Waals surface area contributed by atoms with E-state index in [1.807, 2.05) is 29.6 Å². The van der Waals surface area contributed by atoms with Gasteiger partial charge in [-0.3, -0.25) is 0 Å². The van der Waals surface area contributed by atoms with Crippen LogP contribution in [0, 0.1) is 5.92 Å². The van der Waals surface area contributed by atoms with Crippen molar-refractivity contribution in [3.05, 3.63) is 81.8 Å². The minimum atomic E-state index is -0.908. The van der Waals surface area contributed by atoms with Gasteiger partial charge in [0.1, 0.15) is 17.4 Å². The van der Waals surface area contributed by atoms with Crippen LogP contribution in [0.5, 0.6) is 5.75 Å². The minimum absolute atomic E-state index is 0.231. The molecule has 140 valence electrons. The molecule has 1 heterocycles. The zero-order valence-electron chi connectivity index (χ0n) is 15.7. The molecule has 27 heavy (non-hydrogen) atoms. The van der Waals surface area contributed by atoms with E-state index in [-0.39, 0.29) is 5.41 Å². The van der Waals surface area contributed by atoms with E-state index < -0.39 is 5.97 Å². The SMILES string of the molecule is CC(C)C(C)(c1ccc(OCc2nccs2)cc1)c1ccc(C(=O)O)cc1. The van der Waals surface area contributed by atoms with Crippen LogP contribution in [0.15, 0.2) is 60.1 Å². The molecule has 0 aliphatic heterocycles. The molecule has 0 aliphatic carbocycles. The number of hydrogen-bond acceptors (Lipinski definition) is 4. The van der Waals surface area contributed by atoms with Gasteiger partial charge in [0, 0.05) is 17.0 Å². The number of hydrogen-bond donors (Lipinski definition) is 1. The average molecular weight is 381 g/mol. The smallest absolute Gasteiger partial charge is 0.335 e. The number of rotatable bonds is 7. The van der Waals surface area contributed by atoms with E-state index in [4.69, 9.17) is 9.84 Å². The molecule has 0 radical (unpaired) electrons. The summed E-state index contributed by atoms with van der Waals surface area (Å²) >= 11 is 1.58. The van der Waals surface area contributed by atoms with Crippen LogP contribution >= 0.6 is 11.3 Å². The van der Waals surface area contributed by atoms with Gasteiger partial charge >= 0.3 is 5.97 Å². The lowest BCUT2D eigenvalue weighted by molar-refractivity contribution is 0.0697. The Balaban J connectivity index is 1.84. The summed E-state index contributed by atoms with van der Waals surface area (Å²) in [6.07, 6.45) is 1.77. The lowest BCUT2D eigenvalue weighted by atomic mass is 9.68. The number of carboxylic acid groups (broad SMARTS) is 1. The first-order valence-electron chi connectivity index (χ1n) is 8.87. The van der Waals surface area contributed by atoms with E-state index in [9.17, 15) is 4.79 Å². The third kappa shape index (κ3) is 4.03. The van der Waals surface area contributed by atoms with Gasteiger partial charge in [-0.05, 0) is 41.3 Å². The topological polar surface area (TPSA) is 59.4 Å². The summed E-state index contributed by atoms with van der Waals surface area (Å²) < 4.78 is 5.81. The molecule has 0 fully saturated rings. The van der Waals surface area contributed by atoms with Crippen LogP contribution in [0.1, 0.15) is 47.3 Å². The molecule has 1 unspecified atom stereocenters. The highest BCUT2D eigenvalue weighted by atomic mass is 32.1. The van der Waals surface area contributed by atoms with Gasteiger partial charge in [0.15, 0.2) is 0 Å². The van der Waals surface area contributed by atoms with Gasteiger partial charge in [0.25, 0.3) is 0 Å². The fraction of sp³-hybridized carbons (Fsp3) is 0.273. The Morgan fingerprint density at radius 1 is 1.11 bits per heavy atom. The Hall–Kier alpha value is -2.66. The van der Waals surface area contributed by atoms with Gasteiger partial charge in [-0.25, -0.2) is 9.78 Å². The highest BCUT2D eigenvalue weighted by Crippen LogP contribution is 2.39. The second-order valence-corrected chi connectivity index (χ2v) is 7.96. The number of aromatic carboxylic acids is 1. The zero-order valence-corrected chi connectivity index (χ0v) is 16.5. The average Bonchev–Trinajstić information content (AvgIpc) is 3.19. The third-order valence-electron chi connectivity index (χ3n) is 5.19. The first-order valence-corrected chi connectivity index (χ1v) is 9.74. The van der Waals surface area contributed by atoms with E-state index in [2.05, 4.69) is 37.9 Å². The van der Waals surface area contributed by atoms with Gasteiger partial charge in [0.05, 0.1) is 5.56 Å². The molecule has 0 saturated carbocycles. The molecule has 0 amide bonds. The number of benzene rings is 2. The Labute approximate surface area is 163 Å². The molecular weight excluding hydrogens is 358 g/mol. The van der Waals surface area contributed by atoms with Crippen molar-refractivity contribution in [2.24, 2.45) is 5.92 Å². The Morgan fingerprint density at radius 2 is 1.70 bits per heavy atom. The van der Waals surface area contributed by atoms with Crippen LogP contribution in [0.2, 0.25) is 0 Å². The first kappa shape index (κ1) is 19.1. The molecule has 2 aromatic carbocycles. The van der Waals surface area contributed by atoms with Crippen molar-refractivity contribution in [1.29, 1.82) is 0 Å². The van der Waals surface area contributed by atoms with E-state index in [1.54, 1.807) is 29.7 Å². The van der Waals surface area contributed by atoms with Crippen LogP contribution < -0.4 is 4.74 Å². The molecular formula is C22H23NO3S. The molecule has 5 heteroatoms. The molecule has 4 nitrogen and oxygen atoms in total. The number of carbonyl (C=O) groups is 1. The third-order valence-corrected chi connectivity index (χ3v) is 5.94. The monoisotopic (exact) mass is 381 g/mol. The summed E-state index contributed by atoms with van der Waals surface area (Å²) in [4.78, 5) is 15.4. The van der Waals surface area contributed by atoms with Gasteiger partial charge in [-0.15, -0.1) is 11.3 Å². The number of aromatic nitrogens is 1. The van der Waals surface area contributed by atoms with Gasteiger partial charge < -0.3 is 9.84 Å². The van der Waals surface area contributed by atoms with Gasteiger partial charge in [-0.2, -0.15) is 0 Å². The molecule has 0 aliphatic rings. The highest BCUT2D eigenvalue weighted by Gasteiger charge is 2.32. The largest absolute Gasteiger partial charge is 0.486 e. The molecule has 3 rings (SSSR count). The van der Waals surface area contributed by atoms with Crippen molar-refractivity contribution in [3.8, 4) is 5.75 Å². The van der Waals surface area contributed by atoms with Crippen molar-refractivity contribution in [1.82, 2.24) is 4.98 Å². The number of thiazole rings is 1. The Bertz CT molecular complexity index is 886. The predicted octanol–water partition coefficient (Wildman–Crippen LogP) is 5.38. The van der Waals surface area contributed by atoms with Crippen molar-refractivity contribution >= 4 is 17.3 Å². The Morgan fingerprint density at radius 3 is 2.19 bits per heavy atom. The maximum absolute atomic E-state index is 11.1. The lowest BCUT2D eigenvalue weighted by Gasteiger charge is -2.35. The zero-order chi connectivity index (χ0) is 19.4. The summed E-state index contributed by atoms with van der Waals surface area (Å²) in [5.41, 5.74) is 2.34. The summed E-state index contributed by atoms with van der Waals surface area (Å²) in [6, 6.07) is 15.3. The van der Waals surface area contributed by atoms with E-state index in [0.29, 0.717) is 18.1 Å². The fourth-order valence-electron chi connectivity index (χ4n) is 3.16. The second kappa shape index (κ2) is 7.92. The van der Waals surface area contributed by atoms with Crippen LogP contribution in [-0.2, 0) is 12.0 Å². The standard InChI is InChI=1S/C22H23NO3S/c1-15(2)22(3,17-6-4-16(5-7-17)21(24)25)18-8-10-19(11-9-18)26-14-20-23-12-13-27-20/h4-13,15H,14H2,1-3H3,(H,24,25). The molecule has 3 aromatic rings. The van der Waals surface area contributed by atoms with Crippen LogP contribution in [0.4, 0.5) is 0 Å². The summed E-state index contributed by atoms with van der Waals surface area (Å²) in [6.45, 7) is 7.02. The normalized spacial score (nSPS) is 13.3. The summed E-state index contributed by atoms with van der Waals surface area (Å²) in [5, 5.41) is 12.0. The quantitative estimate of drug-likeness (QED) is 0.597.